The van der Waals surface area contributed by atoms with Gasteiger partial charge >= 0.3 is 0 Å². The van der Waals surface area contributed by atoms with Gasteiger partial charge < -0.3 is 10.6 Å². The van der Waals surface area contributed by atoms with E-state index < -0.39 is 0 Å². The van der Waals surface area contributed by atoms with E-state index in [9.17, 15) is 0 Å². The largest absolute Gasteiger partial charge is 0.330 e. The minimum atomic E-state index is 0.866. The smallest absolute Gasteiger partial charge is 0.0129 e. The first-order valence-electron chi connectivity index (χ1n) is 8.79. The van der Waals surface area contributed by atoms with Gasteiger partial charge in [-0.3, -0.25) is 0 Å². The molecule has 0 aromatic heterocycles. The summed E-state index contributed by atoms with van der Waals surface area (Å²) in [6, 6.07) is 0.932. The molecule has 4 saturated carbocycles. The minimum absolute atomic E-state index is 0.866. The fourth-order valence-corrected chi connectivity index (χ4v) is 6.46. The van der Waals surface area contributed by atoms with Gasteiger partial charge in [-0.15, -0.1) is 0 Å². The van der Waals surface area contributed by atoms with Crippen molar-refractivity contribution in [3.8, 4) is 0 Å². The molecule has 1 atom stereocenters. The molecule has 0 aromatic carbocycles. The normalized spacial score (nSPS) is 49.1. The molecule has 1 unspecified atom stereocenters. The fourth-order valence-electron chi connectivity index (χ4n) is 6.46. The standard InChI is InChI=1S/C17H30N2/c18-4-2-6-19-5-1-3-16(19)17-14-8-12-7-13(10-14)11-15(17)9-12/h12-17H,1-11,18H2. The first-order valence-corrected chi connectivity index (χ1v) is 8.79. The molecular weight excluding hydrogens is 232 g/mol. The average molecular weight is 262 g/mol. The van der Waals surface area contributed by atoms with Crippen molar-refractivity contribution in [1.29, 1.82) is 0 Å². The van der Waals surface area contributed by atoms with Crippen LogP contribution in [0.3, 0.4) is 0 Å². The Kier molecular flexibility index (Phi) is 3.35. The number of rotatable bonds is 4. The van der Waals surface area contributed by atoms with Gasteiger partial charge in [0.15, 0.2) is 0 Å². The van der Waals surface area contributed by atoms with Gasteiger partial charge in [0.05, 0.1) is 0 Å². The zero-order valence-electron chi connectivity index (χ0n) is 12.3. The highest BCUT2D eigenvalue weighted by Gasteiger charge is 2.51. The highest BCUT2D eigenvalue weighted by molar-refractivity contribution is 5.03. The molecule has 5 aliphatic rings. The van der Waals surface area contributed by atoms with Crippen molar-refractivity contribution in [2.75, 3.05) is 19.6 Å². The molecule has 108 valence electrons. The summed E-state index contributed by atoms with van der Waals surface area (Å²) < 4.78 is 0. The summed E-state index contributed by atoms with van der Waals surface area (Å²) in [6.45, 7) is 3.49. The molecular formula is C17H30N2. The van der Waals surface area contributed by atoms with E-state index in [2.05, 4.69) is 4.90 Å². The van der Waals surface area contributed by atoms with E-state index in [1.54, 1.807) is 32.1 Å². The van der Waals surface area contributed by atoms with Gasteiger partial charge in [-0.1, -0.05) is 0 Å². The Labute approximate surface area is 118 Å². The van der Waals surface area contributed by atoms with Crippen LogP contribution < -0.4 is 5.73 Å². The number of nitrogens with zero attached hydrogens (tertiary/aromatic N) is 1. The van der Waals surface area contributed by atoms with Crippen LogP contribution in [0.25, 0.3) is 0 Å². The van der Waals surface area contributed by atoms with E-state index >= 15 is 0 Å². The number of likely N-dealkylation sites (tertiary alicyclic amines) is 1. The van der Waals surface area contributed by atoms with Crippen molar-refractivity contribution >= 4 is 0 Å². The SMILES string of the molecule is NCCCN1CCCC1C1C2CC3CC(C2)CC1C3. The highest BCUT2D eigenvalue weighted by atomic mass is 15.2. The predicted octanol–water partition coefficient (Wildman–Crippen LogP) is 2.87. The molecule has 2 nitrogen and oxygen atoms in total. The Morgan fingerprint density at radius 3 is 2.26 bits per heavy atom. The van der Waals surface area contributed by atoms with Gasteiger partial charge in [-0.25, -0.2) is 0 Å². The predicted molar refractivity (Wildman–Crippen MR) is 78.8 cm³/mol. The van der Waals surface area contributed by atoms with Crippen molar-refractivity contribution in [1.82, 2.24) is 4.90 Å². The molecule has 0 radical (unpaired) electrons. The van der Waals surface area contributed by atoms with Gasteiger partial charge in [0, 0.05) is 6.04 Å². The third-order valence-electron chi connectivity index (χ3n) is 6.81. The summed E-state index contributed by atoms with van der Waals surface area (Å²) in [5.41, 5.74) is 5.72. The Hall–Kier alpha value is -0.0800. The van der Waals surface area contributed by atoms with Crippen LogP contribution in [0.5, 0.6) is 0 Å². The lowest BCUT2D eigenvalue weighted by molar-refractivity contribution is -0.0670. The Morgan fingerprint density at radius 2 is 1.63 bits per heavy atom. The minimum Gasteiger partial charge on any atom is -0.330 e. The van der Waals surface area contributed by atoms with Gasteiger partial charge in [0.25, 0.3) is 0 Å². The van der Waals surface area contributed by atoms with Gasteiger partial charge in [-0.2, -0.15) is 0 Å². The summed E-state index contributed by atoms with van der Waals surface area (Å²) in [4.78, 5) is 2.82. The van der Waals surface area contributed by atoms with E-state index in [1.165, 1.54) is 32.4 Å². The second-order valence-corrected chi connectivity index (χ2v) is 7.90. The molecule has 5 rings (SSSR count). The second kappa shape index (κ2) is 5.04. The summed E-state index contributed by atoms with van der Waals surface area (Å²) >= 11 is 0. The monoisotopic (exact) mass is 262 g/mol. The highest BCUT2D eigenvalue weighted by Crippen LogP contribution is 2.58. The topological polar surface area (TPSA) is 29.3 Å². The summed E-state index contributed by atoms with van der Waals surface area (Å²) in [5, 5.41) is 0. The Morgan fingerprint density at radius 1 is 0.947 bits per heavy atom. The summed E-state index contributed by atoms with van der Waals surface area (Å²) in [7, 11) is 0. The molecule has 2 N–H and O–H groups in total. The van der Waals surface area contributed by atoms with Gasteiger partial charge in [0.2, 0.25) is 0 Å². The molecule has 1 saturated heterocycles. The molecule has 4 bridgehead atoms. The van der Waals surface area contributed by atoms with Crippen molar-refractivity contribution in [3.63, 3.8) is 0 Å². The lowest BCUT2D eigenvalue weighted by Crippen LogP contribution is -2.52. The van der Waals surface area contributed by atoms with Crippen LogP contribution in [0, 0.1) is 29.6 Å². The quantitative estimate of drug-likeness (QED) is 0.844. The van der Waals surface area contributed by atoms with E-state index in [4.69, 9.17) is 5.73 Å². The summed E-state index contributed by atoms with van der Waals surface area (Å²) in [6.07, 6.45) is 12.0. The first kappa shape index (κ1) is 12.6. The van der Waals surface area contributed by atoms with Crippen LogP contribution >= 0.6 is 0 Å². The molecule has 1 heterocycles. The maximum Gasteiger partial charge on any atom is 0.0129 e. The molecule has 0 spiro atoms. The van der Waals surface area contributed by atoms with Crippen molar-refractivity contribution < 1.29 is 0 Å². The zero-order valence-corrected chi connectivity index (χ0v) is 12.3. The van der Waals surface area contributed by atoms with Crippen LogP contribution in [0.15, 0.2) is 0 Å². The van der Waals surface area contributed by atoms with E-state index in [0.29, 0.717) is 0 Å². The van der Waals surface area contributed by atoms with Crippen LogP contribution in [0.1, 0.15) is 51.4 Å². The van der Waals surface area contributed by atoms with Gasteiger partial charge in [-0.05, 0) is 101 Å². The maximum absolute atomic E-state index is 5.72. The molecule has 0 aromatic rings. The van der Waals surface area contributed by atoms with E-state index in [0.717, 1.165) is 42.2 Å². The molecule has 5 fully saturated rings. The van der Waals surface area contributed by atoms with Crippen LogP contribution in [-0.2, 0) is 0 Å². The van der Waals surface area contributed by atoms with Crippen molar-refractivity contribution in [2.24, 2.45) is 35.3 Å². The van der Waals surface area contributed by atoms with Crippen molar-refractivity contribution in [3.05, 3.63) is 0 Å². The number of hydrogen-bond acceptors (Lipinski definition) is 2. The van der Waals surface area contributed by atoms with Crippen LogP contribution in [0.4, 0.5) is 0 Å². The van der Waals surface area contributed by atoms with Crippen LogP contribution in [0.2, 0.25) is 0 Å². The first-order chi connectivity index (χ1) is 9.35. The van der Waals surface area contributed by atoms with Crippen molar-refractivity contribution in [2.45, 2.75) is 57.4 Å². The lowest BCUT2D eigenvalue weighted by atomic mass is 9.50. The molecule has 1 aliphatic heterocycles. The summed E-state index contributed by atoms with van der Waals surface area (Å²) in [5.74, 6) is 5.50. The fraction of sp³-hybridized carbons (Fsp3) is 1.00. The molecule has 4 aliphatic carbocycles. The number of nitrogens with two attached hydrogens (primary N) is 1. The van der Waals surface area contributed by atoms with E-state index in [-0.39, 0.29) is 0 Å². The third-order valence-corrected chi connectivity index (χ3v) is 6.81. The molecule has 0 amide bonds. The number of hydrogen-bond donors (Lipinski definition) is 1. The van der Waals surface area contributed by atoms with E-state index in [1.807, 2.05) is 0 Å². The molecule has 2 heteroatoms. The Bertz CT molecular complexity index is 299. The average Bonchev–Trinajstić information content (AvgIpc) is 2.83. The third kappa shape index (κ3) is 2.15. The second-order valence-electron chi connectivity index (χ2n) is 7.90. The van der Waals surface area contributed by atoms with Crippen LogP contribution in [-0.4, -0.2) is 30.6 Å². The lowest BCUT2D eigenvalue weighted by Gasteiger charge is -2.57. The molecule has 19 heavy (non-hydrogen) atoms. The Balaban J connectivity index is 1.49. The van der Waals surface area contributed by atoms with Gasteiger partial charge in [0.1, 0.15) is 0 Å². The zero-order chi connectivity index (χ0) is 12.8. The maximum atomic E-state index is 5.72.